The molecular weight excluding hydrogens is 320 g/mol. The molecule has 0 amide bonds. The van der Waals surface area contributed by atoms with Gasteiger partial charge >= 0.3 is 5.97 Å². The van der Waals surface area contributed by atoms with Crippen molar-refractivity contribution in [2.24, 2.45) is 0 Å². The van der Waals surface area contributed by atoms with Gasteiger partial charge in [-0.05, 0) is 29.8 Å². The largest absolute Gasteiger partial charge is 0.478 e. The molecule has 1 fully saturated rings. The van der Waals surface area contributed by atoms with Crippen molar-refractivity contribution >= 4 is 5.97 Å². The van der Waals surface area contributed by atoms with Crippen molar-refractivity contribution in [3.63, 3.8) is 0 Å². The Morgan fingerprint density at radius 1 is 1.12 bits per heavy atom. The molecule has 1 aromatic heterocycles. The molecule has 0 unspecified atom stereocenters. The van der Waals surface area contributed by atoms with Crippen LogP contribution in [-0.2, 0) is 17.8 Å². The molecular formula is C19H24N2O4. The van der Waals surface area contributed by atoms with Gasteiger partial charge in [0.05, 0.1) is 31.6 Å². The van der Waals surface area contributed by atoms with E-state index in [1.807, 2.05) is 24.3 Å². The van der Waals surface area contributed by atoms with Crippen LogP contribution in [0, 0.1) is 0 Å². The Labute approximate surface area is 147 Å². The maximum absolute atomic E-state index is 11.0. The summed E-state index contributed by atoms with van der Waals surface area (Å²) in [5.41, 5.74) is 1.41. The Morgan fingerprint density at radius 3 is 2.52 bits per heavy atom. The van der Waals surface area contributed by atoms with Crippen LogP contribution in [0.2, 0.25) is 0 Å². The molecule has 1 aromatic carbocycles. The Kier molecular flexibility index (Phi) is 6.22. The van der Waals surface area contributed by atoms with Crippen LogP contribution in [0.15, 0.2) is 47.1 Å². The average molecular weight is 344 g/mol. The van der Waals surface area contributed by atoms with Crippen LogP contribution < -0.4 is 0 Å². The summed E-state index contributed by atoms with van der Waals surface area (Å²) < 4.78 is 10.9. The summed E-state index contributed by atoms with van der Waals surface area (Å²) in [7, 11) is 0. The first-order chi connectivity index (χ1) is 12.2. The van der Waals surface area contributed by atoms with Crippen molar-refractivity contribution < 1.29 is 19.1 Å². The number of morpholine rings is 1. The molecule has 2 aromatic rings. The Hall–Kier alpha value is -2.15. The number of carboxylic acid groups (broad SMARTS) is 1. The molecule has 0 spiro atoms. The van der Waals surface area contributed by atoms with Crippen molar-refractivity contribution in [2.75, 3.05) is 39.4 Å². The van der Waals surface area contributed by atoms with Gasteiger partial charge in [0.2, 0.25) is 0 Å². The highest BCUT2D eigenvalue weighted by molar-refractivity contribution is 5.87. The number of carbonyl (C=O) groups is 1. The highest BCUT2D eigenvalue weighted by Crippen LogP contribution is 2.12. The zero-order valence-corrected chi connectivity index (χ0v) is 14.3. The fourth-order valence-electron chi connectivity index (χ4n) is 2.96. The van der Waals surface area contributed by atoms with E-state index < -0.39 is 5.97 Å². The first-order valence-corrected chi connectivity index (χ1v) is 8.58. The molecule has 25 heavy (non-hydrogen) atoms. The fraction of sp³-hybridized carbons (Fsp3) is 0.421. The van der Waals surface area contributed by atoms with Crippen LogP contribution >= 0.6 is 0 Å². The van der Waals surface area contributed by atoms with Crippen LogP contribution in [0.1, 0.15) is 21.7 Å². The lowest BCUT2D eigenvalue weighted by molar-refractivity contribution is 0.0321. The lowest BCUT2D eigenvalue weighted by Gasteiger charge is -2.29. The minimum atomic E-state index is -0.897. The van der Waals surface area contributed by atoms with Crippen molar-refractivity contribution in [1.82, 2.24) is 9.80 Å². The van der Waals surface area contributed by atoms with E-state index in [2.05, 4.69) is 9.80 Å². The van der Waals surface area contributed by atoms with Gasteiger partial charge in [0, 0.05) is 32.7 Å². The maximum atomic E-state index is 11.0. The van der Waals surface area contributed by atoms with Gasteiger partial charge in [0.15, 0.2) is 0 Å². The second-order valence-electron chi connectivity index (χ2n) is 6.25. The highest BCUT2D eigenvalue weighted by atomic mass is 16.5. The molecule has 1 aliphatic rings. The second-order valence-corrected chi connectivity index (χ2v) is 6.25. The average Bonchev–Trinajstić information content (AvgIpc) is 3.14. The van der Waals surface area contributed by atoms with Crippen LogP contribution in [0.25, 0.3) is 0 Å². The lowest BCUT2D eigenvalue weighted by atomic mass is 10.1. The fourth-order valence-corrected chi connectivity index (χ4v) is 2.96. The summed E-state index contributed by atoms with van der Waals surface area (Å²) in [6.07, 6.45) is 1.69. The van der Waals surface area contributed by atoms with Crippen molar-refractivity contribution in [2.45, 2.75) is 13.1 Å². The van der Waals surface area contributed by atoms with Crippen LogP contribution in [0.4, 0.5) is 0 Å². The minimum absolute atomic E-state index is 0.314. The monoisotopic (exact) mass is 344 g/mol. The van der Waals surface area contributed by atoms with Crippen molar-refractivity contribution in [3.05, 3.63) is 59.5 Å². The molecule has 0 radical (unpaired) electrons. The third-order valence-corrected chi connectivity index (χ3v) is 4.40. The number of nitrogens with zero attached hydrogens (tertiary/aromatic N) is 2. The van der Waals surface area contributed by atoms with Gasteiger partial charge < -0.3 is 14.3 Å². The SMILES string of the molecule is O=C(O)c1ccc(CN(CCN2CCOCC2)Cc2ccco2)cc1. The van der Waals surface area contributed by atoms with Gasteiger partial charge in [-0.25, -0.2) is 4.79 Å². The molecule has 1 N–H and O–H groups in total. The van der Waals surface area contributed by atoms with E-state index >= 15 is 0 Å². The summed E-state index contributed by atoms with van der Waals surface area (Å²) >= 11 is 0. The Bertz CT molecular complexity index is 649. The van der Waals surface area contributed by atoms with Gasteiger partial charge in [0.25, 0.3) is 0 Å². The lowest BCUT2D eigenvalue weighted by Crippen LogP contribution is -2.41. The number of furan rings is 1. The van der Waals surface area contributed by atoms with E-state index in [4.69, 9.17) is 14.3 Å². The third kappa shape index (κ3) is 5.42. The normalized spacial score (nSPS) is 15.6. The molecule has 1 saturated heterocycles. The predicted molar refractivity (Wildman–Crippen MR) is 93.5 cm³/mol. The van der Waals surface area contributed by atoms with E-state index in [1.165, 1.54) is 0 Å². The number of hydrogen-bond acceptors (Lipinski definition) is 5. The maximum Gasteiger partial charge on any atom is 0.335 e. The second kappa shape index (κ2) is 8.80. The molecule has 6 heteroatoms. The molecule has 1 aliphatic heterocycles. The third-order valence-electron chi connectivity index (χ3n) is 4.40. The highest BCUT2D eigenvalue weighted by Gasteiger charge is 2.14. The zero-order chi connectivity index (χ0) is 17.5. The predicted octanol–water partition coefficient (Wildman–Crippen LogP) is 2.31. The Balaban J connectivity index is 1.61. The summed E-state index contributed by atoms with van der Waals surface area (Å²) in [4.78, 5) is 15.7. The van der Waals surface area contributed by atoms with Crippen molar-refractivity contribution in [1.29, 1.82) is 0 Å². The van der Waals surface area contributed by atoms with E-state index in [-0.39, 0.29) is 0 Å². The molecule has 0 saturated carbocycles. The number of aromatic carboxylic acids is 1. The van der Waals surface area contributed by atoms with E-state index in [1.54, 1.807) is 18.4 Å². The first-order valence-electron chi connectivity index (χ1n) is 8.58. The van der Waals surface area contributed by atoms with Gasteiger partial charge in [-0.1, -0.05) is 12.1 Å². The zero-order valence-electron chi connectivity index (χ0n) is 14.3. The van der Waals surface area contributed by atoms with E-state index in [0.29, 0.717) is 5.56 Å². The number of rotatable bonds is 8. The standard InChI is InChI=1S/C19H24N2O4/c22-19(23)17-5-3-16(4-6-17)14-21(15-18-2-1-11-25-18)8-7-20-9-12-24-13-10-20/h1-6,11H,7-10,12-15H2,(H,22,23). The summed E-state index contributed by atoms with van der Waals surface area (Å²) in [5, 5.41) is 9.02. The number of carboxylic acids is 1. The molecule has 0 aliphatic carbocycles. The molecule has 0 bridgehead atoms. The smallest absolute Gasteiger partial charge is 0.335 e. The topological polar surface area (TPSA) is 66.2 Å². The minimum Gasteiger partial charge on any atom is -0.478 e. The van der Waals surface area contributed by atoms with Crippen LogP contribution in [0.5, 0.6) is 0 Å². The van der Waals surface area contributed by atoms with Crippen LogP contribution in [-0.4, -0.2) is 60.3 Å². The summed E-state index contributed by atoms with van der Waals surface area (Å²) in [5.74, 6) is 0.0374. The van der Waals surface area contributed by atoms with Crippen molar-refractivity contribution in [3.8, 4) is 0 Å². The van der Waals surface area contributed by atoms with Crippen LogP contribution in [0.3, 0.4) is 0 Å². The molecule has 2 heterocycles. The molecule has 6 nitrogen and oxygen atoms in total. The first kappa shape index (κ1) is 17.7. The van der Waals surface area contributed by atoms with Gasteiger partial charge in [-0.2, -0.15) is 0 Å². The van der Waals surface area contributed by atoms with E-state index in [9.17, 15) is 4.79 Å². The Morgan fingerprint density at radius 2 is 1.88 bits per heavy atom. The summed E-state index contributed by atoms with van der Waals surface area (Å²) in [6, 6.07) is 11.0. The van der Waals surface area contributed by atoms with Gasteiger partial charge in [0.1, 0.15) is 5.76 Å². The van der Waals surface area contributed by atoms with Gasteiger partial charge in [-0.3, -0.25) is 9.80 Å². The number of hydrogen-bond donors (Lipinski definition) is 1. The molecule has 3 rings (SSSR count). The molecule has 0 atom stereocenters. The number of ether oxygens (including phenoxy) is 1. The van der Waals surface area contributed by atoms with Gasteiger partial charge in [-0.15, -0.1) is 0 Å². The van der Waals surface area contributed by atoms with E-state index in [0.717, 1.165) is 63.8 Å². The molecule has 134 valence electrons. The quantitative estimate of drug-likeness (QED) is 0.793. The number of benzene rings is 1. The summed E-state index contributed by atoms with van der Waals surface area (Å²) in [6.45, 7) is 6.94.